The molecular weight excluding hydrogens is 214 g/mol. The Hall–Kier alpha value is -1.29. The second-order valence-corrected chi connectivity index (χ2v) is 5.07. The summed E-state index contributed by atoms with van der Waals surface area (Å²) in [6, 6.07) is 5.01. The molecule has 0 aromatic carbocycles. The van der Waals surface area contributed by atoms with Gasteiger partial charge < -0.3 is 9.64 Å². The first-order valence-electron chi connectivity index (χ1n) is 6.34. The van der Waals surface area contributed by atoms with E-state index in [1.54, 1.807) is 0 Å². The number of piperazine rings is 1. The Morgan fingerprint density at radius 2 is 2.29 bits per heavy atom. The fourth-order valence-corrected chi connectivity index (χ4v) is 2.67. The average Bonchev–Trinajstić information content (AvgIpc) is 2.38. The predicted molar refractivity (Wildman–Crippen MR) is 67.6 cm³/mol. The zero-order valence-corrected chi connectivity index (χ0v) is 10.5. The molecule has 0 bridgehead atoms. The van der Waals surface area contributed by atoms with E-state index >= 15 is 0 Å². The van der Waals surface area contributed by atoms with Gasteiger partial charge in [0.05, 0.1) is 6.04 Å². The van der Waals surface area contributed by atoms with Gasteiger partial charge in [-0.05, 0) is 26.0 Å². The standard InChI is InChI=1S/C13H19N3O/c1-10(2)15-6-7-16-11(8-15)9-17-12-4-3-5-14-13(12)16/h3-5,10-11H,6-9H2,1-2H3/t11-/m0/s1. The molecule has 2 aliphatic rings. The first-order chi connectivity index (χ1) is 8.25. The largest absolute Gasteiger partial charge is 0.488 e. The lowest BCUT2D eigenvalue weighted by Crippen LogP contribution is -2.58. The number of aromatic nitrogens is 1. The van der Waals surface area contributed by atoms with E-state index in [0.29, 0.717) is 12.1 Å². The van der Waals surface area contributed by atoms with E-state index in [-0.39, 0.29) is 0 Å². The summed E-state index contributed by atoms with van der Waals surface area (Å²) in [5.74, 6) is 1.95. The van der Waals surface area contributed by atoms with Gasteiger partial charge in [0.1, 0.15) is 6.61 Å². The van der Waals surface area contributed by atoms with Crippen molar-refractivity contribution in [3.05, 3.63) is 18.3 Å². The molecule has 1 atom stereocenters. The van der Waals surface area contributed by atoms with Crippen molar-refractivity contribution in [2.75, 3.05) is 31.1 Å². The highest BCUT2D eigenvalue weighted by molar-refractivity contribution is 5.55. The summed E-state index contributed by atoms with van der Waals surface area (Å²) in [6.45, 7) is 8.53. The minimum Gasteiger partial charge on any atom is -0.488 e. The summed E-state index contributed by atoms with van der Waals surface area (Å²) < 4.78 is 5.79. The Morgan fingerprint density at radius 3 is 3.12 bits per heavy atom. The zero-order valence-electron chi connectivity index (χ0n) is 10.5. The molecule has 3 heterocycles. The predicted octanol–water partition coefficient (Wildman–Crippen LogP) is 1.37. The Kier molecular flexibility index (Phi) is 2.67. The van der Waals surface area contributed by atoms with E-state index in [4.69, 9.17) is 4.74 Å². The van der Waals surface area contributed by atoms with E-state index < -0.39 is 0 Å². The molecule has 1 aromatic heterocycles. The third kappa shape index (κ3) is 1.86. The van der Waals surface area contributed by atoms with Crippen molar-refractivity contribution in [1.29, 1.82) is 0 Å². The van der Waals surface area contributed by atoms with Gasteiger partial charge in [0.25, 0.3) is 0 Å². The van der Waals surface area contributed by atoms with Gasteiger partial charge in [0.2, 0.25) is 0 Å². The van der Waals surface area contributed by atoms with Crippen LogP contribution in [0, 0.1) is 0 Å². The number of ether oxygens (including phenoxy) is 1. The van der Waals surface area contributed by atoms with Crippen molar-refractivity contribution >= 4 is 5.82 Å². The molecule has 2 aliphatic heterocycles. The van der Waals surface area contributed by atoms with Crippen LogP contribution >= 0.6 is 0 Å². The van der Waals surface area contributed by atoms with Crippen LogP contribution in [0.4, 0.5) is 5.82 Å². The highest BCUT2D eigenvalue weighted by Crippen LogP contribution is 2.32. The molecule has 17 heavy (non-hydrogen) atoms. The number of hydrogen-bond donors (Lipinski definition) is 0. The zero-order chi connectivity index (χ0) is 11.8. The van der Waals surface area contributed by atoms with Crippen molar-refractivity contribution in [3.63, 3.8) is 0 Å². The van der Waals surface area contributed by atoms with Crippen LogP contribution in [0.2, 0.25) is 0 Å². The van der Waals surface area contributed by atoms with Crippen LogP contribution in [0.3, 0.4) is 0 Å². The van der Waals surface area contributed by atoms with Crippen molar-refractivity contribution < 1.29 is 4.74 Å². The van der Waals surface area contributed by atoms with E-state index in [9.17, 15) is 0 Å². The van der Waals surface area contributed by atoms with E-state index in [0.717, 1.165) is 37.8 Å². The lowest BCUT2D eigenvalue weighted by atomic mass is 10.1. The first kappa shape index (κ1) is 10.8. The Morgan fingerprint density at radius 1 is 1.41 bits per heavy atom. The summed E-state index contributed by atoms with van der Waals surface area (Å²) >= 11 is 0. The maximum absolute atomic E-state index is 5.79. The third-order valence-electron chi connectivity index (χ3n) is 3.70. The number of rotatable bonds is 1. The third-order valence-corrected chi connectivity index (χ3v) is 3.70. The Labute approximate surface area is 102 Å². The summed E-state index contributed by atoms with van der Waals surface area (Å²) in [4.78, 5) is 9.37. The highest BCUT2D eigenvalue weighted by Gasteiger charge is 2.34. The van der Waals surface area contributed by atoms with Gasteiger partial charge in [-0.25, -0.2) is 4.98 Å². The van der Waals surface area contributed by atoms with Gasteiger partial charge in [-0.15, -0.1) is 0 Å². The van der Waals surface area contributed by atoms with Crippen LogP contribution in [-0.2, 0) is 0 Å². The van der Waals surface area contributed by atoms with Gasteiger partial charge in [0.15, 0.2) is 11.6 Å². The molecule has 0 N–H and O–H groups in total. The quantitative estimate of drug-likeness (QED) is 0.732. The van der Waals surface area contributed by atoms with Crippen molar-refractivity contribution in [3.8, 4) is 5.75 Å². The van der Waals surface area contributed by atoms with Gasteiger partial charge in [0, 0.05) is 31.9 Å². The molecule has 0 unspecified atom stereocenters. The van der Waals surface area contributed by atoms with Crippen molar-refractivity contribution in [2.24, 2.45) is 0 Å². The van der Waals surface area contributed by atoms with E-state index in [2.05, 4.69) is 28.6 Å². The topological polar surface area (TPSA) is 28.6 Å². The molecule has 3 rings (SSSR count). The molecule has 0 amide bonds. The SMILES string of the molecule is CC(C)N1CCN2c3ncccc3OC[C@@H]2C1. The number of hydrogen-bond acceptors (Lipinski definition) is 4. The highest BCUT2D eigenvalue weighted by atomic mass is 16.5. The van der Waals surface area contributed by atoms with Crippen molar-refractivity contribution in [1.82, 2.24) is 9.88 Å². The summed E-state index contributed by atoms with van der Waals surface area (Å²) in [7, 11) is 0. The molecule has 0 saturated carbocycles. The number of anilines is 1. The number of fused-ring (bicyclic) bond motifs is 3. The molecule has 0 spiro atoms. The summed E-state index contributed by atoms with van der Waals surface area (Å²) in [5, 5.41) is 0. The average molecular weight is 233 g/mol. The number of pyridine rings is 1. The maximum Gasteiger partial charge on any atom is 0.171 e. The van der Waals surface area contributed by atoms with Gasteiger partial charge >= 0.3 is 0 Å². The molecule has 0 radical (unpaired) electrons. The molecule has 92 valence electrons. The van der Waals surface area contributed by atoms with Crippen LogP contribution in [0.25, 0.3) is 0 Å². The lowest BCUT2D eigenvalue weighted by Gasteiger charge is -2.45. The fraction of sp³-hybridized carbons (Fsp3) is 0.615. The Balaban J connectivity index is 1.83. The van der Waals surface area contributed by atoms with Gasteiger partial charge in [-0.2, -0.15) is 0 Å². The second-order valence-electron chi connectivity index (χ2n) is 5.07. The Bertz CT molecular complexity index is 407. The molecule has 1 aromatic rings. The lowest BCUT2D eigenvalue weighted by molar-refractivity contribution is 0.140. The molecular formula is C13H19N3O. The van der Waals surface area contributed by atoms with Crippen LogP contribution in [0.5, 0.6) is 5.75 Å². The van der Waals surface area contributed by atoms with Crippen LogP contribution in [0.15, 0.2) is 18.3 Å². The first-order valence-corrected chi connectivity index (χ1v) is 6.34. The molecule has 4 heteroatoms. The molecule has 0 aliphatic carbocycles. The normalized spacial score (nSPS) is 24.2. The van der Waals surface area contributed by atoms with Crippen LogP contribution in [-0.4, -0.2) is 48.2 Å². The summed E-state index contributed by atoms with van der Waals surface area (Å²) in [5.41, 5.74) is 0. The monoisotopic (exact) mass is 233 g/mol. The number of nitrogens with zero attached hydrogens (tertiary/aromatic N) is 3. The molecule has 1 fully saturated rings. The fourth-order valence-electron chi connectivity index (χ4n) is 2.67. The maximum atomic E-state index is 5.79. The van der Waals surface area contributed by atoms with Crippen LogP contribution in [0.1, 0.15) is 13.8 Å². The minimum atomic E-state index is 0.452. The van der Waals surface area contributed by atoms with Gasteiger partial charge in [-0.3, -0.25) is 4.90 Å². The van der Waals surface area contributed by atoms with E-state index in [1.165, 1.54) is 0 Å². The molecule has 4 nitrogen and oxygen atoms in total. The smallest absolute Gasteiger partial charge is 0.171 e. The van der Waals surface area contributed by atoms with E-state index in [1.807, 2.05) is 18.3 Å². The van der Waals surface area contributed by atoms with Crippen molar-refractivity contribution in [2.45, 2.75) is 25.9 Å². The molecule has 1 saturated heterocycles. The summed E-state index contributed by atoms with van der Waals surface area (Å²) in [6.07, 6.45) is 1.85. The van der Waals surface area contributed by atoms with Crippen LogP contribution < -0.4 is 9.64 Å². The second kappa shape index (κ2) is 4.18. The minimum absolute atomic E-state index is 0.452. The van der Waals surface area contributed by atoms with Gasteiger partial charge in [-0.1, -0.05) is 0 Å².